The Balaban J connectivity index is 1.34. The molecule has 0 fully saturated rings. The lowest BCUT2D eigenvalue weighted by molar-refractivity contribution is -0.121. The van der Waals surface area contributed by atoms with Crippen LogP contribution in [0.1, 0.15) is 39.5 Å². The molecule has 168 valence electrons. The number of amides is 2. The van der Waals surface area contributed by atoms with Crippen LogP contribution in [0, 0.1) is 6.92 Å². The first-order valence-corrected chi connectivity index (χ1v) is 11.5. The number of nitrogens with one attached hydrogen (secondary N) is 2. The van der Waals surface area contributed by atoms with Crippen molar-refractivity contribution in [3.8, 4) is 11.5 Å². The minimum atomic E-state index is -0.222. The van der Waals surface area contributed by atoms with Gasteiger partial charge in [0.2, 0.25) is 11.8 Å². The zero-order valence-electron chi connectivity index (χ0n) is 18.2. The average molecular weight is 461 g/mol. The number of anilines is 1. The van der Waals surface area contributed by atoms with E-state index in [2.05, 4.69) is 26.7 Å². The average Bonchev–Trinajstić information content (AvgIpc) is 3.48. The molecule has 0 atom stereocenters. The quantitative estimate of drug-likeness (QED) is 0.366. The van der Waals surface area contributed by atoms with Crippen LogP contribution in [-0.2, 0) is 17.8 Å². The molecule has 0 aliphatic rings. The van der Waals surface area contributed by atoms with Crippen LogP contribution in [0.15, 0.2) is 70.7 Å². The van der Waals surface area contributed by atoms with Gasteiger partial charge in [-0.2, -0.15) is 0 Å². The molecule has 0 radical (unpaired) electrons. The highest BCUT2D eigenvalue weighted by Crippen LogP contribution is 2.25. The maximum absolute atomic E-state index is 12.4. The van der Waals surface area contributed by atoms with E-state index in [9.17, 15) is 9.59 Å². The molecule has 8 heteroatoms. The van der Waals surface area contributed by atoms with Crippen molar-refractivity contribution in [2.75, 3.05) is 5.32 Å². The Kier molecular flexibility index (Phi) is 7.26. The van der Waals surface area contributed by atoms with E-state index < -0.39 is 0 Å². The number of benzene rings is 1. The molecule has 0 aliphatic heterocycles. The number of carbonyl (C=O) groups excluding carboxylic acids is 2. The van der Waals surface area contributed by atoms with Crippen LogP contribution >= 0.6 is 11.3 Å². The highest BCUT2D eigenvalue weighted by molar-refractivity contribution is 7.09. The van der Waals surface area contributed by atoms with Gasteiger partial charge in [-0.25, -0.2) is 4.98 Å². The number of rotatable bonds is 9. The van der Waals surface area contributed by atoms with E-state index in [0.717, 1.165) is 18.4 Å². The van der Waals surface area contributed by atoms with E-state index in [0.29, 0.717) is 41.6 Å². The summed E-state index contributed by atoms with van der Waals surface area (Å²) in [5.41, 5.74) is 2.57. The normalized spacial score (nSPS) is 10.7. The number of aromatic nitrogens is 2. The van der Waals surface area contributed by atoms with Crippen LogP contribution < -0.4 is 10.6 Å². The summed E-state index contributed by atoms with van der Waals surface area (Å²) >= 11 is 1.71. The van der Waals surface area contributed by atoms with Crippen LogP contribution in [0.25, 0.3) is 11.5 Å². The Morgan fingerprint density at radius 3 is 2.73 bits per heavy atom. The highest BCUT2D eigenvalue weighted by atomic mass is 32.1. The van der Waals surface area contributed by atoms with Gasteiger partial charge in [0.1, 0.15) is 11.5 Å². The molecule has 2 amide bonds. The Morgan fingerprint density at radius 1 is 1.09 bits per heavy atom. The predicted octanol–water partition coefficient (Wildman–Crippen LogP) is 5.00. The number of carbonyl (C=O) groups is 2. The number of hydrogen-bond acceptors (Lipinski definition) is 6. The molecule has 0 bridgehead atoms. The lowest BCUT2D eigenvalue weighted by Gasteiger charge is -2.06. The topological polar surface area (TPSA) is 97.1 Å². The van der Waals surface area contributed by atoms with Crippen LogP contribution in [0.4, 0.5) is 5.69 Å². The van der Waals surface area contributed by atoms with Gasteiger partial charge in [0.15, 0.2) is 0 Å². The number of hydrogen-bond donors (Lipinski definition) is 2. The third-order valence-electron chi connectivity index (χ3n) is 5.06. The smallest absolute Gasteiger partial charge is 0.255 e. The molecular formula is C25H24N4O3S. The zero-order chi connectivity index (χ0) is 23.0. The first-order valence-electron chi connectivity index (χ1n) is 10.7. The Labute approximate surface area is 195 Å². The third kappa shape index (κ3) is 6.14. The van der Waals surface area contributed by atoms with Crippen LogP contribution in [0.2, 0.25) is 0 Å². The minimum absolute atomic E-state index is 0.00340. The maximum atomic E-state index is 12.4. The third-order valence-corrected chi connectivity index (χ3v) is 6.00. The highest BCUT2D eigenvalue weighted by Gasteiger charge is 2.14. The molecule has 3 heterocycles. The van der Waals surface area contributed by atoms with E-state index in [-0.39, 0.29) is 11.8 Å². The SMILES string of the molecule is Cc1oc(-c2cccc(NC(=O)c3ccncc3)c2)nc1CNC(=O)CCCc1cccs1. The maximum Gasteiger partial charge on any atom is 0.255 e. The van der Waals surface area contributed by atoms with Crippen molar-refractivity contribution in [1.29, 1.82) is 0 Å². The molecule has 4 aromatic rings. The largest absolute Gasteiger partial charge is 0.441 e. The molecule has 0 spiro atoms. The molecule has 0 aliphatic carbocycles. The molecule has 33 heavy (non-hydrogen) atoms. The summed E-state index contributed by atoms with van der Waals surface area (Å²) in [5, 5.41) is 7.83. The van der Waals surface area contributed by atoms with Gasteiger partial charge in [0.25, 0.3) is 5.91 Å². The summed E-state index contributed by atoms with van der Waals surface area (Å²) in [5.74, 6) is 0.863. The van der Waals surface area contributed by atoms with Gasteiger partial charge in [0.05, 0.1) is 6.54 Å². The molecule has 7 nitrogen and oxygen atoms in total. The molecule has 3 aromatic heterocycles. The summed E-state index contributed by atoms with van der Waals surface area (Å²) in [6.07, 6.45) is 5.34. The second kappa shape index (κ2) is 10.7. The lowest BCUT2D eigenvalue weighted by atomic mass is 10.2. The summed E-state index contributed by atoms with van der Waals surface area (Å²) in [6, 6.07) is 14.7. The van der Waals surface area contributed by atoms with Gasteiger partial charge in [-0.15, -0.1) is 11.3 Å². The van der Waals surface area contributed by atoms with Gasteiger partial charge >= 0.3 is 0 Å². The monoisotopic (exact) mass is 460 g/mol. The lowest BCUT2D eigenvalue weighted by Crippen LogP contribution is -2.23. The van der Waals surface area contributed by atoms with Crippen molar-refractivity contribution in [2.45, 2.75) is 32.7 Å². The summed E-state index contributed by atoms with van der Waals surface area (Å²) in [6.45, 7) is 2.13. The Hall–Kier alpha value is -3.78. The second-order valence-electron chi connectivity index (χ2n) is 7.50. The van der Waals surface area contributed by atoms with Gasteiger partial charge < -0.3 is 15.1 Å². The fourth-order valence-corrected chi connectivity index (χ4v) is 4.05. The molecule has 0 unspecified atom stereocenters. The molecule has 0 saturated heterocycles. The van der Waals surface area contributed by atoms with E-state index in [4.69, 9.17) is 4.42 Å². The number of nitrogens with zero attached hydrogens (tertiary/aromatic N) is 2. The Bertz CT molecular complexity index is 1220. The summed E-state index contributed by atoms with van der Waals surface area (Å²) in [4.78, 5) is 34.3. The van der Waals surface area contributed by atoms with Gasteiger partial charge in [-0.3, -0.25) is 14.6 Å². The molecule has 0 saturated carbocycles. The standard InChI is InChI=1S/C25H24N4O3S/c1-17-22(16-27-23(30)9-3-7-21-8-4-14-33-21)29-25(32-17)19-5-2-6-20(15-19)28-24(31)18-10-12-26-13-11-18/h2,4-6,8,10-15H,3,7,9,16H2,1H3,(H,27,30)(H,28,31). The van der Waals surface area contributed by atoms with Crippen molar-refractivity contribution in [3.63, 3.8) is 0 Å². The van der Waals surface area contributed by atoms with Crippen LogP contribution in [0.5, 0.6) is 0 Å². The predicted molar refractivity (Wildman–Crippen MR) is 128 cm³/mol. The van der Waals surface area contributed by atoms with Crippen molar-refractivity contribution < 1.29 is 14.0 Å². The second-order valence-corrected chi connectivity index (χ2v) is 8.53. The fourth-order valence-electron chi connectivity index (χ4n) is 3.30. The van der Waals surface area contributed by atoms with Crippen molar-refractivity contribution in [1.82, 2.24) is 15.3 Å². The number of oxazole rings is 1. The molecule has 1 aromatic carbocycles. The van der Waals surface area contributed by atoms with Crippen LogP contribution in [0.3, 0.4) is 0 Å². The number of aryl methyl sites for hydroxylation is 2. The number of pyridine rings is 1. The zero-order valence-corrected chi connectivity index (χ0v) is 19.0. The molecular weight excluding hydrogens is 436 g/mol. The van der Waals surface area contributed by atoms with E-state index in [1.165, 1.54) is 4.88 Å². The van der Waals surface area contributed by atoms with Gasteiger partial charge in [-0.05, 0) is 61.5 Å². The van der Waals surface area contributed by atoms with E-state index in [1.54, 1.807) is 48.0 Å². The molecule has 2 N–H and O–H groups in total. The van der Waals surface area contributed by atoms with Crippen LogP contribution in [-0.4, -0.2) is 21.8 Å². The first-order chi connectivity index (χ1) is 16.1. The first kappa shape index (κ1) is 22.4. The summed E-state index contributed by atoms with van der Waals surface area (Å²) in [7, 11) is 0. The minimum Gasteiger partial charge on any atom is -0.441 e. The van der Waals surface area contributed by atoms with Gasteiger partial charge in [-0.1, -0.05) is 12.1 Å². The Morgan fingerprint density at radius 2 is 1.94 bits per heavy atom. The van der Waals surface area contributed by atoms with Crippen molar-refractivity contribution in [2.24, 2.45) is 0 Å². The van der Waals surface area contributed by atoms with Gasteiger partial charge in [0, 0.05) is 40.5 Å². The summed E-state index contributed by atoms with van der Waals surface area (Å²) < 4.78 is 5.83. The van der Waals surface area contributed by atoms with E-state index in [1.807, 2.05) is 30.5 Å². The van der Waals surface area contributed by atoms with Crippen molar-refractivity contribution in [3.05, 3.63) is 88.2 Å². The number of thiophene rings is 1. The van der Waals surface area contributed by atoms with Crippen molar-refractivity contribution >= 4 is 28.8 Å². The van der Waals surface area contributed by atoms with E-state index >= 15 is 0 Å². The fraction of sp³-hybridized carbons (Fsp3) is 0.200. The molecule has 4 rings (SSSR count).